The summed E-state index contributed by atoms with van der Waals surface area (Å²) in [5, 5.41) is 56.7. The van der Waals surface area contributed by atoms with E-state index in [1.54, 1.807) is 12.2 Å². The molecule has 4 unspecified atom stereocenters. The van der Waals surface area contributed by atoms with Crippen molar-refractivity contribution in [3.8, 4) is 0 Å². The Morgan fingerprint density at radius 2 is 1.62 bits per heavy atom. The number of carbonyl (C=O) groups excluding carboxylic acids is 2. The minimum atomic E-state index is -5.72. The summed E-state index contributed by atoms with van der Waals surface area (Å²) in [6.07, 6.45) is 1.68. The first-order chi connectivity index (χ1) is 32.7. The van der Waals surface area contributed by atoms with Gasteiger partial charge in [-0.1, -0.05) is 109 Å². The van der Waals surface area contributed by atoms with Crippen molar-refractivity contribution in [1.82, 2.24) is 9.55 Å². The summed E-state index contributed by atoms with van der Waals surface area (Å²) in [6, 6.07) is 1.22. The smallest absolute Gasteiger partial charge is 0.462 e. The molecule has 9 N–H and O–H groups in total. The largest absolute Gasteiger partial charge is 0.481 e. The van der Waals surface area contributed by atoms with Crippen LogP contribution in [0.15, 0.2) is 41.4 Å². The van der Waals surface area contributed by atoms with Gasteiger partial charge < -0.3 is 60.0 Å². The fraction of sp³-hybridized carbons (Fsp3) is 0.778. The molecule has 2 aliphatic heterocycles. The molecule has 0 saturated carbocycles. The number of phosphoric acid groups is 2. The van der Waals surface area contributed by atoms with E-state index in [2.05, 4.69) is 23.1 Å². The number of rotatable bonds is 19. The number of aromatic nitrogens is 2. The van der Waals surface area contributed by atoms with Gasteiger partial charge in [0.25, 0.3) is 0 Å². The van der Waals surface area contributed by atoms with Crippen LogP contribution in [-0.4, -0.2) is 126 Å². The Morgan fingerprint density at radius 1 is 0.942 bits per heavy atom. The molecule has 0 amide bonds. The van der Waals surface area contributed by atoms with Crippen LogP contribution < -0.4 is 11.4 Å². The Labute approximate surface area is 404 Å². The molecule has 0 radical (unpaired) electrons. The number of nitrogen functional groups attached to an aromatic ring is 1. The molecule has 1 saturated heterocycles. The van der Waals surface area contributed by atoms with Crippen LogP contribution in [0, 0.1) is 11.8 Å². The summed E-state index contributed by atoms with van der Waals surface area (Å²) in [4.78, 5) is 64.0. The van der Waals surface area contributed by atoms with Crippen molar-refractivity contribution in [2.75, 3.05) is 25.6 Å². The average molecular weight is 1030 g/mol. The number of nitrogens with zero attached hydrogens (tertiary/aromatic N) is 2. The van der Waals surface area contributed by atoms with Crippen LogP contribution >= 0.6 is 15.6 Å². The highest BCUT2D eigenvalue weighted by molar-refractivity contribution is 7.61. The number of allylic oxidation sites excluding steroid dienone is 2. The Morgan fingerprint density at radius 3 is 2.32 bits per heavy atom. The number of phosphoric ester groups is 2. The maximum absolute atomic E-state index is 13.3. The topological polar surface area (TPSA) is 335 Å². The number of anilines is 1. The second kappa shape index (κ2) is 31.5. The summed E-state index contributed by atoms with van der Waals surface area (Å²) in [7, 11) is -11.3. The molecule has 3 heterocycles. The van der Waals surface area contributed by atoms with Crippen LogP contribution in [0.3, 0.4) is 0 Å². The number of ether oxygens (including phenoxy) is 4. The molecule has 396 valence electrons. The number of esters is 2. The quantitative estimate of drug-likeness (QED) is 0.0390. The van der Waals surface area contributed by atoms with Gasteiger partial charge in [-0.2, -0.15) is 9.29 Å². The van der Waals surface area contributed by atoms with Crippen molar-refractivity contribution < 1.29 is 86.3 Å². The number of carbonyl (C=O) groups is 2. The van der Waals surface area contributed by atoms with E-state index in [1.165, 1.54) is 24.6 Å². The van der Waals surface area contributed by atoms with Crippen LogP contribution in [0.25, 0.3) is 0 Å². The summed E-state index contributed by atoms with van der Waals surface area (Å²) >= 11 is 0. The molecular weight excluding hydrogens is 948 g/mol. The molecule has 1 aromatic heterocycles. The number of nitrogens with two attached hydrogens (primary N) is 1. The molecular formula is C45H77N3O19P2. The molecule has 3 rings (SSSR count). The lowest BCUT2D eigenvalue weighted by atomic mass is 9.92. The number of cyclic esters (lactones) is 1. The lowest BCUT2D eigenvalue weighted by Gasteiger charge is -2.36. The second-order valence-electron chi connectivity index (χ2n) is 17.7. The molecule has 0 aromatic carbocycles. The molecule has 0 spiro atoms. The Hall–Kier alpha value is -2.92. The van der Waals surface area contributed by atoms with Gasteiger partial charge in [-0.3, -0.25) is 23.2 Å². The maximum atomic E-state index is 13.3. The molecule has 22 nitrogen and oxygen atoms in total. The van der Waals surface area contributed by atoms with Gasteiger partial charge >= 0.3 is 33.3 Å². The van der Waals surface area contributed by atoms with Crippen molar-refractivity contribution >= 4 is 33.4 Å². The van der Waals surface area contributed by atoms with E-state index in [1.807, 2.05) is 6.92 Å². The van der Waals surface area contributed by atoms with Gasteiger partial charge in [-0.15, -0.1) is 0 Å². The fourth-order valence-corrected chi connectivity index (χ4v) is 9.72. The molecule has 24 heteroatoms. The minimum Gasteiger partial charge on any atom is -0.462 e. The van der Waals surface area contributed by atoms with Crippen LogP contribution in [0.1, 0.15) is 143 Å². The number of unbranched alkanes of at least 4 members (excludes halogenated alkanes) is 7. The zero-order chi connectivity index (χ0) is 51.0. The molecule has 13 atom stereocenters. The highest BCUT2D eigenvalue weighted by Crippen LogP contribution is 2.60. The van der Waals surface area contributed by atoms with E-state index in [-0.39, 0.29) is 37.9 Å². The zero-order valence-electron chi connectivity index (χ0n) is 40.1. The third-order valence-electron chi connectivity index (χ3n) is 11.9. The summed E-state index contributed by atoms with van der Waals surface area (Å²) in [5.41, 5.74) is 4.74. The minimum absolute atomic E-state index is 0.0727. The van der Waals surface area contributed by atoms with E-state index >= 15 is 0 Å². The van der Waals surface area contributed by atoms with Gasteiger partial charge in [0.05, 0.1) is 25.4 Å². The van der Waals surface area contributed by atoms with Crippen molar-refractivity contribution in [3.63, 3.8) is 0 Å². The predicted octanol–water partition coefficient (Wildman–Crippen LogP) is 5.02. The van der Waals surface area contributed by atoms with E-state index in [0.717, 1.165) is 62.1 Å². The maximum Gasteiger partial charge on any atom is 0.481 e. The van der Waals surface area contributed by atoms with Crippen molar-refractivity contribution in [3.05, 3.63) is 47.1 Å². The second-order valence-corrected chi connectivity index (χ2v) is 20.8. The van der Waals surface area contributed by atoms with Gasteiger partial charge in [-0.05, 0) is 44.1 Å². The van der Waals surface area contributed by atoms with E-state index < -0.39 is 121 Å². The highest BCUT2D eigenvalue weighted by atomic mass is 31.3. The molecule has 0 aliphatic carbocycles. The SMILES string of the molecule is CCCCC[C@H](O)/C=C/[C@H]1OC(O)C[C@H](O)[C@@H]2CC=CCCCC(=O)O[C@H](COC(=O)CCCCCCCCC(C)CC)COP(=O)(O)OP(=O)(O)OC[C@@H](O[C@H]2n2ccc(N)nc2=O)[C@@H](O)[C@H]1O. The number of hydrogen-bond donors (Lipinski definition) is 8. The molecule has 2 bridgehead atoms. The monoisotopic (exact) mass is 1030 g/mol. The standard InChI is InChI=1S/C45H77N3O19P2/c1-4-6-13-19-32(49)23-24-36-42(54)43(55)37-30-63-69(59,60)67-68(57,58)62-29-33(28-61-39(51)21-16-10-8-7-9-14-18-31(3)5-2)64-40(52)22-17-12-11-15-20-34(35(50)27-41(53)65-36)44(66-37)48-26-25-38(46)47-45(48)56/h11,15,23-26,31-37,41-44,49-50,53-55H,4-10,12-14,16-22,27-30H2,1-3H3,(H,57,58)(H,59,60)(H2,46,47,56)/b15-11?,24-23+/t31?,32-,33+,34-,35-,36+,37+,41?,42-,43+,44+/m0/s1. The van der Waals surface area contributed by atoms with Crippen LogP contribution in [-0.2, 0) is 51.0 Å². The first-order valence-electron chi connectivity index (χ1n) is 24.1. The Bertz CT molecular complexity index is 1890. The molecule has 1 aromatic rings. The predicted molar refractivity (Wildman–Crippen MR) is 251 cm³/mol. The number of aliphatic hydroxyl groups excluding tert-OH is 5. The van der Waals surface area contributed by atoms with Crippen molar-refractivity contribution in [2.45, 2.75) is 192 Å². The van der Waals surface area contributed by atoms with E-state index in [0.29, 0.717) is 25.2 Å². The Kier molecular flexibility index (Phi) is 27.6. The van der Waals surface area contributed by atoms with Gasteiger partial charge in [0.15, 0.2) is 12.4 Å². The number of aliphatic hydroxyl groups is 5. The normalized spacial score (nSPS) is 31.6. The Balaban J connectivity index is 1.91. The zero-order valence-corrected chi connectivity index (χ0v) is 41.8. The third kappa shape index (κ3) is 23.5. The summed E-state index contributed by atoms with van der Waals surface area (Å²) in [5.74, 6) is -2.15. The van der Waals surface area contributed by atoms with E-state index in [9.17, 15) is 58.8 Å². The molecule has 69 heavy (non-hydrogen) atoms. The van der Waals surface area contributed by atoms with Crippen LogP contribution in [0.5, 0.6) is 0 Å². The van der Waals surface area contributed by atoms with Crippen molar-refractivity contribution in [2.24, 2.45) is 11.8 Å². The van der Waals surface area contributed by atoms with Crippen molar-refractivity contribution in [1.29, 1.82) is 0 Å². The van der Waals surface area contributed by atoms with Gasteiger partial charge in [0, 0.05) is 31.4 Å². The summed E-state index contributed by atoms with van der Waals surface area (Å²) in [6.45, 7) is 3.63. The van der Waals surface area contributed by atoms with Crippen LogP contribution in [0.4, 0.5) is 5.82 Å². The average Bonchev–Trinajstić information content (AvgIpc) is 3.29. The first-order valence-corrected chi connectivity index (χ1v) is 27.1. The lowest BCUT2D eigenvalue weighted by molar-refractivity contribution is -0.192. The summed E-state index contributed by atoms with van der Waals surface area (Å²) < 4.78 is 64.5. The van der Waals surface area contributed by atoms with Crippen LogP contribution in [0.2, 0.25) is 0 Å². The molecule has 1 fully saturated rings. The number of fused-ring (bicyclic) bond motifs is 3. The van der Waals surface area contributed by atoms with E-state index in [4.69, 9.17) is 33.7 Å². The third-order valence-corrected chi connectivity index (χ3v) is 14.5. The van der Waals surface area contributed by atoms with Gasteiger partial charge in [-0.25, -0.2) is 13.9 Å². The first kappa shape index (κ1) is 60.4. The lowest BCUT2D eigenvalue weighted by Crippen LogP contribution is -2.49. The van der Waals surface area contributed by atoms with Gasteiger partial charge in [0.1, 0.15) is 43.1 Å². The highest BCUT2D eigenvalue weighted by Gasteiger charge is 2.44. The fourth-order valence-electron chi connectivity index (χ4n) is 7.61. The molecule has 2 aliphatic rings. The van der Waals surface area contributed by atoms with Gasteiger partial charge in [0.2, 0.25) is 0 Å². The number of hydrogen-bond acceptors (Lipinski definition) is 19.